The summed E-state index contributed by atoms with van der Waals surface area (Å²) in [7, 11) is 1.31. The second-order valence-corrected chi connectivity index (χ2v) is 5.04. The van der Waals surface area contributed by atoms with E-state index in [4.69, 9.17) is 4.74 Å². The number of benzene rings is 1. The molecule has 0 saturated carbocycles. The van der Waals surface area contributed by atoms with E-state index in [2.05, 4.69) is 4.99 Å². The fraction of sp³-hybridized carbons (Fsp3) is 0.312. The molecule has 0 fully saturated rings. The average molecular weight is 287 g/mol. The Hall–Kier alpha value is -2.43. The largest absolute Gasteiger partial charge is 0.507 e. The molecule has 5 heteroatoms. The van der Waals surface area contributed by atoms with Gasteiger partial charge in [-0.2, -0.15) is 0 Å². The van der Waals surface area contributed by atoms with Gasteiger partial charge in [0.05, 0.1) is 18.6 Å². The Morgan fingerprint density at radius 2 is 2.10 bits per heavy atom. The maximum absolute atomic E-state index is 12.8. The second-order valence-electron chi connectivity index (χ2n) is 5.04. The van der Waals surface area contributed by atoms with Gasteiger partial charge in [0.2, 0.25) is 0 Å². The Balaban J connectivity index is 2.33. The molecule has 1 aromatic carbocycles. The number of nitrogens with zero attached hydrogens (tertiary/aromatic N) is 1. The first kappa shape index (κ1) is 15.0. The van der Waals surface area contributed by atoms with E-state index in [0.29, 0.717) is 0 Å². The number of ketones is 1. The lowest BCUT2D eigenvalue weighted by atomic mass is 9.82. The highest BCUT2D eigenvalue weighted by molar-refractivity contribution is 6.09. The van der Waals surface area contributed by atoms with E-state index in [9.17, 15) is 14.7 Å². The van der Waals surface area contributed by atoms with Crippen LogP contribution < -0.4 is 0 Å². The first-order valence-electron chi connectivity index (χ1n) is 6.64. The smallest absolute Gasteiger partial charge is 0.308 e. The normalized spacial score (nSPS) is 21.2. The van der Waals surface area contributed by atoms with Gasteiger partial charge in [-0.05, 0) is 30.7 Å². The molecule has 0 radical (unpaired) electrons. The summed E-state index contributed by atoms with van der Waals surface area (Å²) in [4.78, 5) is 28.6. The number of carbonyl (C=O) groups is 2. The summed E-state index contributed by atoms with van der Waals surface area (Å²) in [6.45, 7) is 1.69. The average Bonchev–Trinajstić information content (AvgIpc) is 2.95. The zero-order valence-electron chi connectivity index (χ0n) is 11.9. The van der Waals surface area contributed by atoms with Crippen LogP contribution in [0.2, 0.25) is 0 Å². The number of allylic oxidation sites excluding steroid dienone is 1. The Morgan fingerprint density at radius 3 is 2.67 bits per heavy atom. The zero-order valence-corrected chi connectivity index (χ0v) is 11.9. The zero-order chi connectivity index (χ0) is 15.5. The molecule has 0 bridgehead atoms. The van der Waals surface area contributed by atoms with Crippen molar-refractivity contribution in [1.82, 2.24) is 0 Å². The molecular formula is C16H17NO4. The third kappa shape index (κ3) is 2.86. The number of aliphatic imine (C=N–C) groups is 1. The Labute approximate surface area is 123 Å². The van der Waals surface area contributed by atoms with Crippen LogP contribution in [0.15, 0.2) is 41.4 Å². The van der Waals surface area contributed by atoms with Crippen LogP contribution in [0.1, 0.15) is 23.7 Å². The summed E-state index contributed by atoms with van der Waals surface area (Å²) in [5, 5.41) is 9.86. The van der Waals surface area contributed by atoms with E-state index in [1.54, 1.807) is 37.3 Å². The van der Waals surface area contributed by atoms with Crippen LogP contribution in [0.4, 0.5) is 0 Å². The number of Topliss-reactive ketones (excluding diaryl/α,β-unsaturated/α-hetero) is 1. The highest BCUT2D eigenvalue weighted by Gasteiger charge is 2.41. The fourth-order valence-corrected chi connectivity index (χ4v) is 2.42. The molecule has 1 aromatic rings. The molecule has 0 amide bonds. The van der Waals surface area contributed by atoms with Crippen molar-refractivity contribution >= 4 is 18.0 Å². The van der Waals surface area contributed by atoms with Crippen molar-refractivity contribution in [3.8, 4) is 5.75 Å². The van der Waals surface area contributed by atoms with Crippen molar-refractivity contribution in [3.63, 3.8) is 0 Å². The molecule has 2 unspecified atom stereocenters. The standard InChI is InChI=1S/C16H17NO4/c1-11(15(20)21-2)10-16(8-5-9-17-16)14(19)12-6-3-4-7-13(12)18/h3-9,11,18H,10H2,1-2H3. The van der Waals surface area contributed by atoms with Crippen LogP contribution in [0, 0.1) is 5.92 Å². The molecule has 1 aliphatic heterocycles. The topological polar surface area (TPSA) is 76.0 Å². The van der Waals surface area contributed by atoms with E-state index in [1.807, 2.05) is 0 Å². The molecule has 2 atom stereocenters. The maximum atomic E-state index is 12.8. The van der Waals surface area contributed by atoms with Crippen molar-refractivity contribution in [1.29, 1.82) is 0 Å². The minimum Gasteiger partial charge on any atom is -0.507 e. The molecule has 1 N–H and O–H groups in total. The molecular weight excluding hydrogens is 270 g/mol. The van der Waals surface area contributed by atoms with Crippen molar-refractivity contribution in [2.24, 2.45) is 10.9 Å². The molecule has 1 aliphatic rings. The Bertz CT molecular complexity index is 606. The van der Waals surface area contributed by atoms with E-state index < -0.39 is 17.4 Å². The first-order valence-corrected chi connectivity index (χ1v) is 6.64. The minimum absolute atomic E-state index is 0.0944. The molecule has 0 aliphatic carbocycles. The molecule has 110 valence electrons. The quantitative estimate of drug-likeness (QED) is 0.665. The minimum atomic E-state index is -1.16. The van der Waals surface area contributed by atoms with Crippen LogP contribution in [-0.4, -0.2) is 35.7 Å². The molecule has 21 heavy (non-hydrogen) atoms. The van der Waals surface area contributed by atoms with Gasteiger partial charge in [0.25, 0.3) is 0 Å². The number of aromatic hydroxyl groups is 1. The lowest BCUT2D eigenvalue weighted by Gasteiger charge is -2.25. The number of phenols is 1. The molecule has 2 rings (SSSR count). The number of hydrogen-bond donors (Lipinski definition) is 1. The van der Waals surface area contributed by atoms with Crippen LogP contribution in [0.25, 0.3) is 0 Å². The summed E-state index contributed by atoms with van der Waals surface area (Å²) >= 11 is 0. The van der Waals surface area contributed by atoms with Gasteiger partial charge in [0.1, 0.15) is 11.3 Å². The SMILES string of the molecule is COC(=O)C(C)CC1(C(=O)c2ccccc2O)C=CC=N1. The number of carbonyl (C=O) groups excluding carboxylic acids is 2. The first-order chi connectivity index (χ1) is 10.00. The fourth-order valence-electron chi connectivity index (χ4n) is 2.42. The number of para-hydroxylation sites is 1. The number of esters is 1. The highest BCUT2D eigenvalue weighted by Crippen LogP contribution is 2.33. The lowest BCUT2D eigenvalue weighted by Crippen LogP contribution is -2.37. The molecule has 5 nitrogen and oxygen atoms in total. The summed E-state index contributed by atoms with van der Waals surface area (Å²) in [6.07, 6.45) is 5.05. The summed E-state index contributed by atoms with van der Waals surface area (Å²) < 4.78 is 4.70. The van der Waals surface area contributed by atoms with Crippen molar-refractivity contribution < 1.29 is 19.4 Å². The van der Waals surface area contributed by atoms with Gasteiger partial charge >= 0.3 is 5.97 Å². The number of methoxy groups -OCH3 is 1. The van der Waals surface area contributed by atoms with Gasteiger partial charge in [0.15, 0.2) is 5.78 Å². The molecule has 0 aromatic heterocycles. The van der Waals surface area contributed by atoms with Crippen LogP contribution in [-0.2, 0) is 9.53 Å². The van der Waals surface area contributed by atoms with Crippen LogP contribution in [0.3, 0.4) is 0 Å². The van der Waals surface area contributed by atoms with Gasteiger partial charge in [-0.1, -0.05) is 19.1 Å². The van der Waals surface area contributed by atoms with E-state index in [0.717, 1.165) is 0 Å². The van der Waals surface area contributed by atoms with Gasteiger partial charge in [-0.25, -0.2) is 0 Å². The molecule has 1 heterocycles. The number of hydrogen-bond acceptors (Lipinski definition) is 5. The van der Waals surface area contributed by atoms with Crippen molar-refractivity contribution in [2.45, 2.75) is 18.9 Å². The summed E-state index contributed by atoms with van der Waals surface area (Å²) in [6, 6.07) is 6.31. The summed E-state index contributed by atoms with van der Waals surface area (Å²) in [5.74, 6) is -1.30. The molecule has 0 saturated heterocycles. The lowest BCUT2D eigenvalue weighted by molar-refractivity contribution is -0.145. The second kappa shape index (κ2) is 5.91. The van der Waals surface area contributed by atoms with Gasteiger partial charge in [0, 0.05) is 6.21 Å². The van der Waals surface area contributed by atoms with Crippen molar-refractivity contribution in [3.05, 3.63) is 42.0 Å². The molecule has 0 spiro atoms. The number of ether oxygens (including phenoxy) is 1. The maximum Gasteiger partial charge on any atom is 0.308 e. The Kier molecular flexibility index (Phi) is 4.21. The predicted molar refractivity (Wildman–Crippen MR) is 78.6 cm³/mol. The van der Waals surface area contributed by atoms with Gasteiger partial charge in [-0.15, -0.1) is 0 Å². The predicted octanol–water partition coefficient (Wildman–Crippen LogP) is 2.15. The van der Waals surface area contributed by atoms with Gasteiger partial charge in [-0.3, -0.25) is 14.6 Å². The van der Waals surface area contributed by atoms with Gasteiger partial charge < -0.3 is 9.84 Å². The van der Waals surface area contributed by atoms with E-state index >= 15 is 0 Å². The van der Waals surface area contributed by atoms with E-state index in [1.165, 1.54) is 19.4 Å². The number of rotatable bonds is 5. The van der Waals surface area contributed by atoms with Crippen molar-refractivity contribution in [2.75, 3.05) is 7.11 Å². The number of phenolic OH excluding ortho intramolecular Hbond substituents is 1. The third-order valence-electron chi connectivity index (χ3n) is 3.53. The summed E-state index contributed by atoms with van der Waals surface area (Å²) in [5.41, 5.74) is -0.967. The monoisotopic (exact) mass is 287 g/mol. The van der Waals surface area contributed by atoms with Crippen LogP contribution >= 0.6 is 0 Å². The Morgan fingerprint density at radius 1 is 1.38 bits per heavy atom. The van der Waals surface area contributed by atoms with E-state index in [-0.39, 0.29) is 23.5 Å². The highest BCUT2D eigenvalue weighted by atomic mass is 16.5. The third-order valence-corrected chi connectivity index (χ3v) is 3.53. The van der Waals surface area contributed by atoms with Crippen LogP contribution in [0.5, 0.6) is 5.75 Å².